The second-order valence-electron chi connectivity index (χ2n) is 12.7. The van der Waals surface area contributed by atoms with Gasteiger partial charge in [-0.2, -0.15) is 0 Å². The van der Waals surface area contributed by atoms with Crippen molar-refractivity contribution in [3.05, 3.63) is 193 Å². The van der Waals surface area contributed by atoms with Gasteiger partial charge < -0.3 is 4.42 Å². The minimum atomic E-state index is -0.378. The average Bonchev–Trinajstić information content (AvgIpc) is 3.61. The lowest BCUT2D eigenvalue weighted by atomic mass is 9.85. The Morgan fingerprint density at radius 3 is 1.60 bits per heavy atom. The molecular formula is C49H32O. The van der Waals surface area contributed by atoms with Crippen LogP contribution in [-0.2, 0) is 6.42 Å². The summed E-state index contributed by atoms with van der Waals surface area (Å²) in [6, 6.07) is 47.1. The molecule has 0 fully saturated rings. The molecule has 9 aromatic carbocycles. The molecule has 0 amide bonds. The van der Waals surface area contributed by atoms with Gasteiger partial charge in [-0.1, -0.05) is 158 Å². The minimum absolute atomic E-state index is 0.0682. The Balaban J connectivity index is 1.24. The first-order chi connectivity index (χ1) is 27.3. The molecule has 0 radical (unpaired) electrons. The fourth-order valence-electron chi connectivity index (χ4n) is 7.58. The summed E-state index contributed by atoms with van der Waals surface area (Å²) in [4.78, 5) is 0. The van der Waals surface area contributed by atoms with Gasteiger partial charge in [-0.05, 0) is 108 Å². The fraction of sp³-hybridized carbons (Fsp3) is 0.0204. The van der Waals surface area contributed by atoms with E-state index < -0.39 is 0 Å². The van der Waals surface area contributed by atoms with Crippen molar-refractivity contribution in [3.8, 4) is 33.4 Å². The molecule has 1 heterocycles. The second-order valence-corrected chi connectivity index (χ2v) is 12.7. The number of rotatable bonds is 5. The number of hydrogen-bond donors (Lipinski definition) is 0. The van der Waals surface area contributed by atoms with Gasteiger partial charge in [-0.15, -0.1) is 0 Å². The topological polar surface area (TPSA) is 13.1 Å². The van der Waals surface area contributed by atoms with E-state index >= 15 is 0 Å². The van der Waals surface area contributed by atoms with E-state index in [0.29, 0.717) is 27.9 Å². The zero-order valence-electron chi connectivity index (χ0n) is 33.0. The fourth-order valence-corrected chi connectivity index (χ4v) is 7.58. The van der Waals surface area contributed by atoms with Gasteiger partial charge in [0.2, 0.25) is 0 Å². The highest BCUT2D eigenvalue weighted by Crippen LogP contribution is 2.42. The molecule has 1 heteroatoms. The molecule has 0 saturated heterocycles. The Labute approximate surface area is 299 Å². The Morgan fingerprint density at radius 2 is 0.940 bits per heavy atom. The van der Waals surface area contributed by atoms with Crippen molar-refractivity contribution in [2.45, 2.75) is 6.42 Å². The molecule has 0 unspecified atom stereocenters. The van der Waals surface area contributed by atoms with E-state index in [1.54, 1.807) is 0 Å². The van der Waals surface area contributed by atoms with Gasteiger partial charge in [0, 0.05) is 10.8 Å². The van der Waals surface area contributed by atoms with E-state index in [0.717, 1.165) is 60.1 Å². The largest absolute Gasteiger partial charge is 0.456 e. The summed E-state index contributed by atoms with van der Waals surface area (Å²) in [5.41, 5.74) is 7.87. The van der Waals surface area contributed by atoms with Gasteiger partial charge in [0.25, 0.3) is 0 Å². The summed E-state index contributed by atoms with van der Waals surface area (Å²) in [7, 11) is 0. The monoisotopic (exact) mass is 642 g/mol. The lowest BCUT2D eigenvalue weighted by Gasteiger charge is -2.18. The molecule has 0 bridgehead atoms. The zero-order valence-corrected chi connectivity index (χ0v) is 27.0. The van der Waals surface area contributed by atoms with Gasteiger partial charge in [0.05, 0.1) is 8.22 Å². The third kappa shape index (κ3) is 4.63. The third-order valence-corrected chi connectivity index (χ3v) is 9.90. The second kappa shape index (κ2) is 11.6. The summed E-state index contributed by atoms with van der Waals surface area (Å²) in [5, 5.41) is 6.27. The van der Waals surface area contributed by atoms with E-state index in [1.807, 2.05) is 91.0 Å². The maximum atomic E-state index is 9.63. The van der Waals surface area contributed by atoms with Crippen molar-refractivity contribution in [2.75, 3.05) is 0 Å². The predicted octanol–water partition coefficient (Wildman–Crippen LogP) is 13.6. The Kier molecular flexibility index (Phi) is 5.34. The van der Waals surface area contributed by atoms with Crippen LogP contribution in [0.1, 0.15) is 19.4 Å². The first kappa shape index (κ1) is 23.0. The number of hydrogen-bond acceptors (Lipinski definition) is 1. The molecule has 0 atom stereocenters. The first-order valence-corrected chi connectivity index (χ1v) is 16.8. The van der Waals surface area contributed by atoms with Crippen LogP contribution in [0.25, 0.3) is 87.6 Å². The van der Waals surface area contributed by atoms with Crippen molar-refractivity contribution in [2.24, 2.45) is 0 Å². The van der Waals surface area contributed by atoms with Crippen LogP contribution in [0.15, 0.2) is 186 Å². The summed E-state index contributed by atoms with van der Waals surface area (Å²) in [6.07, 6.45) is 0.188. The predicted molar refractivity (Wildman–Crippen MR) is 212 cm³/mol. The molecule has 0 spiro atoms. The third-order valence-electron chi connectivity index (χ3n) is 9.90. The minimum Gasteiger partial charge on any atom is -0.456 e. The van der Waals surface area contributed by atoms with Crippen LogP contribution in [0.4, 0.5) is 0 Å². The van der Waals surface area contributed by atoms with Gasteiger partial charge in [0.15, 0.2) is 0 Å². The smallest absolute Gasteiger partial charge is 0.135 e. The summed E-state index contributed by atoms with van der Waals surface area (Å²) in [5.74, 6) is 0. The highest BCUT2D eigenvalue weighted by atomic mass is 16.3. The van der Waals surface area contributed by atoms with Crippen LogP contribution in [0.5, 0.6) is 0 Å². The van der Waals surface area contributed by atoms with Crippen LogP contribution >= 0.6 is 0 Å². The Morgan fingerprint density at radius 1 is 0.400 bits per heavy atom. The van der Waals surface area contributed by atoms with E-state index in [9.17, 15) is 5.48 Å². The summed E-state index contributed by atoms with van der Waals surface area (Å²) < 4.78 is 61.6. The number of fused-ring (bicyclic) bond motifs is 6. The molecule has 0 saturated carbocycles. The van der Waals surface area contributed by atoms with Gasteiger partial charge in [0.1, 0.15) is 11.2 Å². The van der Waals surface area contributed by atoms with Crippen LogP contribution < -0.4 is 0 Å². The van der Waals surface area contributed by atoms with E-state index in [-0.39, 0.29) is 53.4 Å². The van der Waals surface area contributed by atoms with Crippen molar-refractivity contribution in [1.82, 2.24) is 0 Å². The lowest BCUT2D eigenvalue weighted by Crippen LogP contribution is -1.97. The molecule has 0 aliphatic heterocycles. The summed E-state index contributed by atoms with van der Waals surface area (Å²) in [6.45, 7) is 0. The molecule has 10 aromatic rings. The van der Waals surface area contributed by atoms with Crippen molar-refractivity contribution in [1.29, 1.82) is 0 Å². The van der Waals surface area contributed by atoms with E-state index in [2.05, 4.69) is 54.6 Å². The Bertz CT molecular complexity index is 3170. The van der Waals surface area contributed by atoms with Gasteiger partial charge in [-0.25, -0.2) is 0 Å². The molecule has 0 aliphatic rings. The SMILES string of the molecule is [2H]c1c([2H])c([2H])c2c(-c3ccc4oc5ccc(-c6ccccc6)cc5c4c3)c([2H])c([2H])c(Cc3c4ccccc4c(-c4ccccc4)c4ccccc34)c2c1[2H]. The van der Waals surface area contributed by atoms with E-state index in [4.69, 9.17) is 7.16 Å². The molecule has 0 N–H and O–H groups in total. The lowest BCUT2D eigenvalue weighted by molar-refractivity contribution is 0.669. The Hall–Kier alpha value is -6.44. The molecule has 0 aliphatic carbocycles. The maximum absolute atomic E-state index is 9.63. The van der Waals surface area contributed by atoms with Crippen molar-refractivity contribution in [3.63, 3.8) is 0 Å². The molecule has 50 heavy (non-hydrogen) atoms. The molecule has 1 nitrogen and oxygen atoms in total. The van der Waals surface area contributed by atoms with Crippen LogP contribution in [0, 0.1) is 0 Å². The highest BCUT2D eigenvalue weighted by molar-refractivity contribution is 6.15. The molecule has 1 aromatic heterocycles. The molecular weight excluding hydrogens is 605 g/mol. The van der Waals surface area contributed by atoms with E-state index in [1.165, 1.54) is 0 Å². The van der Waals surface area contributed by atoms with Crippen molar-refractivity contribution < 1.29 is 12.6 Å². The normalized spacial score (nSPS) is 13.4. The number of benzene rings is 9. The van der Waals surface area contributed by atoms with Crippen LogP contribution in [0.3, 0.4) is 0 Å². The van der Waals surface area contributed by atoms with Gasteiger partial charge >= 0.3 is 0 Å². The standard InChI is InChI=1S/C49H32O/c1-3-13-32(14-4-1)34-24-27-47-45(29-34)46-31-36(25-28-48(46)50-47)38-26-23-35(37-17-7-8-18-39(37)38)30-44-40-19-9-11-21-42(40)49(33-15-5-2-6-16-33)43-22-12-10-20-41(43)44/h1-29,31H,30H2/i7D,8D,17D,18D,23D,26D. The highest BCUT2D eigenvalue weighted by Gasteiger charge is 2.18. The van der Waals surface area contributed by atoms with Crippen molar-refractivity contribution >= 4 is 54.3 Å². The summed E-state index contributed by atoms with van der Waals surface area (Å²) >= 11 is 0. The van der Waals surface area contributed by atoms with Crippen LogP contribution in [0.2, 0.25) is 0 Å². The van der Waals surface area contributed by atoms with Gasteiger partial charge in [-0.3, -0.25) is 0 Å². The quantitative estimate of drug-likeness (QED) is 0.170. The zero-order chi connectivity index (χ0) is 38.2. The average molecular weight is 643 g/mol. The molecule has 234 valence electrons. The molecule has 10 rings (SSSR count). The number of furan rings is 1. The first-order valence-electron chi connectivity index (χ1n) is 19.8. The maximum Gasteiger partial charge on any atom is 0.135 e. The van der Waals surface area contributed by atoms with Crippen LogP contribution in [-0.4, -0.2) is 0 Å².